The number of ether oxygens (including phenoxy) is 1. The van der Waals surface area contributed by atoms with Crippen molar-refractivity contribution in [2.45, 2.75) is 69.6 Å². The van der Waals surface area contributed by atoms with Crippen LogP contribution in [-0.2, 0) is 11.8 Å². The van der Waals surface area contributed by atoms with Gasteiger partial charge in [0.2, 0.25) is 5.91 Å². The van der Waals surface area contributed by atoms with E-state index in [-0.39, 0.29) is 29.2 Å². The maximum Gasteiger partial charge on any atom is 0.230 e. The molecule has 3 unspecified atom stereocenters. The van der Waals surface area contributed by atoms with Crippen LogP contribution in [0.25, 0.3) is 11.0 Å². The molecule has 4 heterocycles. The Morgan fingerprint density at radius 3 is 2.59 bits per heavy atom. The van der Waals surface area contributed by atoms with Gasteiger partial charge in [-0.3, -0.25) is 4.79 Å². The molecule has 0 spiro atoms. The van der Waals surface area contributed by atoms with Crippen LogP contribution in [0.15, 0.2) is 12.4 Å². The second-order valence-corrected chi connectivity index (χ2v) is 9.84. The lowest BCUT2D eigenvalue weighted by molar-refractivity contribution is -0.193. The lowest BCUT2D eigenvalue weighted by Crippen LogP contribution is -2.68. The minimum atomic E-state index is -0.635. The molecule has 4 aliphatic rings. The second kappa shape index (κ2) is 5.94. The summed E-state index contributed by atoms with van der Waals surface area (Å²) < 4.78 is 21.9. The molecule has 6 nitrogen and oxygen atoms in total. The van der Waals surface area contributed by atoms with E-state index in [1.54, 1.807) is 10.8 Å². The average molecular weight is 401 g/mol. The molecule has 0 radical (unpaired) electrons. The van der Waals surface area contributed by atoms with E-state index < -0.39 is 17.3 Å². The van der Waals surface area contributed by atoms with Gasteiger partial charge in [0.25, 0.3) is 0 Å². The largest absolute Gasteiger partial charge is 0.492 e. The molecule has 6 rings (SSSR count). The third-order valence-corrected chi connectivity index (χ3v) is 7.46. The molecule has 1 amide bonds. The summed E-state index contributed by atoms with van der Waals surface area (Å²) >= 11 is 0. The van der Waals surface area contributed by atoms with Crippen molar-refractivity contribution >= 4 is 16.9 Å². The monoisotopic (exact) mass is 401 g/mol. The number of methoxy groups -OCH3 is 1. The molecular weight excluding hydrogens is 373 g/mol. The maximum absolute atomic E-state index is 15.1. The number of aryl methyl sites for hydroxylation is 1. The highest BCUT2D eigenvalue weighted by atomic mass is 19.1. The molecule has 4 bridgehead atoms. The fourth-order valence-corrected chi connectivity index (χ4v) is 6.61. The Bertz CT molecular complexity index is 980. The van der Waals surface area contributed by atoms with E-state index in [1.807, 2.05) is 18.9 Å². The molecule has 3 atom stereocenters. The number of halogens is 1. The maximum atomic E-state index is 15.1. The van der Waals surface area contributed by atoms with Gasteiger partial charge in [-0.25, -0.2) is 9.37 Å². The average Bonchev–Trinajstić information content (AvgIpc) is 2.96. The van der Waals surface area contributed by atoms with Gasteiger partial charge in [0.15, 0.2) is 11.6 Å². The van der Waals surface area contributed by atoms with E-state index in [2.05, 4.69) is 11.9 Å². The van der Waals surface area contributed by atoms with Crippen LogP contribution in [0.2, 0.25) is 0 Å². The van der Waals surface area contributed by atoms with Crippen LogP contribution in [0.5, 0.6) is 5.75 Å². The summed E-state index contributed by atoms with van der Waals surface area (Å²) in [7, 11) is 3.22. The van der Waals surface area contributed by atoms with Crippen LogP contribution in [0.1, 0.15) is 57.4 Å². The summed E-state index contributed by atoms with van der Waals surface area (Å²) in [5, 5.41) is 11.3. The molecular formula is C22H28FN3O3. The van der Waals surface area contributed by atoms with Gasteiger partial charge in [0.05, 0.1) is 30.2 Å². The van der Waals surface area contributed by atoms with Crippen molar-refractivity contribution in [3.05, 3.63) is 23.8 Å². The van der Waals surface area contributed by atoms with Crippen LogP contribution in [-0.4, -0.2) is 50.3 Å². The first-order chi connectivity index (χ1) is 13.6. The standard InChI is InChI=1S/C22H28FN3O3/c1-12(15-10-25(3)19-17(15)18(23)16(29-4)9-24-19)20(27)26-13-5-21(2)6-14(26)8-22(28,7-13)11-21/h9-10,12-14,28H,5-8,11H2,1-4H3. The Hall–Kier alpha value is -2.15. The quantitative estimate of drug-likeness (QED) is 0.858. The number of nitrogens with zero attached hydrogens (tertiary/aromatic N) is 3. The van der Waals surface area contributed by atoms with Gasteiger partial charge in [-0.2, -0.15) is 0 Å². The first-order valence-corrected chi connectivity index (χ1v) is 10.4. The van der Waals surface area contributed by atoms with Crippen molar-refractivity contribution in [3.63, 3.8) is 0 Å². The number of amides is 1. The normalized spacial score (nSPS) is 34.1. The molecule has 1 N–H and O–H groups in total. The van der Waals surface area contributed by atoms with E-state index in [1.165, 1.54) is 13.3 Å². The van der Waals surface area contributed by atoms with Crippen molar-refractivity contribution in [1.82, 2.24) is 14.5 Å². The number of hydrogen-bond acceptors (Lipinski definition) is 4. The van der Waals surface area contributed by atoms with Gasteiger partial charge in [-0.05, 0) is 50.0 Å². The van der Waals surface area contributed by atoms with Crippen LogP contribution < -0.4 is 4.74 Å². The van der Waals surface area contributed by atoms with E-state index in [0.29, 0.717) is 29.4 Å². The molecule has 2 aliphatic carbocycles. The number of carbonyl (C=O) groups is 1. The number of fused-ring (bicyclic) bond motifs is 1. The Morgan fingerprint density at radius 1 is 1.34 bits per heavy atom. The summed E-state index contributed by atoms with van der Waals surface area (Å²) in [6.07, 6.45) is 7.18. The highest BCUT2D eigenvalue weighted by Gasteiger charge is 2.59. The Morgan fingerprint density at radius 2 is 2.00 bits per heavy atom. The number of aliphatic hydroxyl groups is 1. The third kappa shape index (κ3) is 2.62. The molecule has 156 valence electrons. The van der Waals surface area contributed by atoms with Gasteiger partial charge in [0, 0.05) is 25.3 Å². The molecule has 29 heavy (non-hydrogen) atoms. The smallest absolute Gasteiger partial charge is 0.230 e. The molecule has 2 aromatic heterocycles. The molecule has 2 saturated heterocycles. The van der Waals surface area contributed by atoms with Crippen LogP contribution in [0.3, 0.4) is 0 Å². The predicted molar refractivity (Wildman–Crippen MR) is 106 cm³/mol. The highest BCUT2D eigenvalue weighted by molar-refractivity contribution is 5.92. The number of rotatable bonds is 3. The zero-order valence-corrected chi connectivity index (χ0v) is 17.4. The van der Waals surface area contributed by atoms with E-state index in [9.17, 15) is 9.90 Å². The van der Waals surface area contributed by atoms with Crippen molar-refractivity contribution in [2.75, 3.05) is 7.11 Å². The number of carbonyl (C=O) groups excluding carboxylic acids is 1. The Balaban J connectivity index is 1.52. The molecule has 2 aliphatic heterocycles. The minimum absolute atomic E-state index is 0.0146. The van der Waals surface area contributed by atoms with E-state index in [4.69, 9.17) is 4.74 Å². The first kappa shape index (κ1) is 18.9. The second-order valence-electron chi connectivity index (χ2n) is 9.84. The Labute approximate surface area is 169 Å². The van der Waals surface area contributed by atoms with Crippen molar-refractivity contribution in [3.8, 4) is 5.75 Å². The lowest BCUT2D eigenvalue weighted by atomic mass is 9.54. The summed E-state index contributed by atoms with van der Waals surface area (Å²) in [6, 6.07) is 0.127. The molecule has 0 aromatic carbocycles. The predicted octanol–water partition coefficient (Wildman–Crippen LogP) is 3.12. The first-order valence-electron chi connectivity index (χ1n) is 10.4. The van der Waals surface area contributed by atoms with Crippen molar-refractivity contribution < 1.29 is 19.0 Å². The SMILES string of the molecule is COc1cnc2c(c(C(C)C(=O)N3C4CC5(C)CC3CC(O)(C4)C5)cn2C)c1F. The number of hydrogen-bond donors (Lipinski definition) is 1. The van der Waals surface area contributed by atoms with Crippen LogP contribution in [0, 0.1) is 11.2 Å². The van der Waals surface area contributed by atoms with Gasteiger partial charge >= 0.3 is 0 Å². The number of aromatic nitrogens is 2. The van der Waals surface area contributed by atoms with E-state index >= 15 is 4.39 Å². The van der Waals surface area contributed by atoms with Gasteiger partial charge in [-0.15, -0.1) is 0 Å². The molecule has 4 fully saturated rings. The summed E-state index contributed by atoms with van der Waals surface area (Å²) in [5.74, 6) is -0.882. The van der Waals surface area contributed by atoms with Crippen molar-refractivity contribution in [2.24, 2.45) is 12.5 Å². The molecule has 2 aromatic rings. The van der Waals surface area contributed by atoms with Gasteiger partial charge in [-0.1, -0.05) is 6.92 Å². The summed E-state index contributed by atoms with van der Waals surface area (Å²) in [4.78, 5) is 19.9. The summed E-state index contributed by atoms with van der Waals surface area (Å²) in [5.41, 5.74) is 0.613. The fraction of sp³-hybridized carbons (Fsp3) is 0.636. The topological polar surface area (TPSA) is 67.6 Å². The fourth-order valence-electron chi connectivity index (χ4n) is 6.61. The zero-order valence-electron chi connectivity index (χ0n) is 17.4. The van der Waals surface area contributed by atoms with Gasteiger partial charge < -0.3 is 19.3 Å². The van der Waals surface area contributed by atoms with Gasteiger partial charge in [0.1, 0.15) is 5.65 Å². The minimum Gasteiger partial charge on any atom is -0.492 e. The third-order valence-electron chi connectivity index (χ3n) is 7.46. The summed E-state index contributed by atoms with van der Waals surface area (Å²) in [6.45, 7) is 4.08. The highest BCUT2D eigenvalue weighted by Crippen LogP contribution is 2.58. The molecule has 2 saturated carbocycles. The zero-order chi connectivity index (χ0) is 20.7. The van der Waals surface area contributed by atoms with Crippen molar-refractivity contribution in [1.29, 1.82) is 0 Å². The number of piperidine rings is 2. The lowest BCUT2D eigenvalue weighted by Gasteiger charge is -2.63. The van der Waals surface area contributed by atoms with Crippen LogP contribution >= 0.6 is 0 Å². The number of pyridine rings is 1. The van der Waals surface area contributed by atoms with Crippen LogP contribution in [0.4, 0.5) is 4.39 Å². The molecule has 7 heteroatoms. The van der Waals surface area contributed by atoms with E-state index in [0.717, 1.165) is 19.3 Å². The Kier molecular flexibility index (Phi) is 3.86.